The normalized spacial score (nSPS) is 12.4. The Morgan fingerprint density at radius 1 is 1.29 bits per heavy atom. The smallest absolute Gasteiger partial charge is 0.128 e. The highest BCUT2D eigenvalue weighted by atomic mass is 35.5. The van der Waals surface area contributed by atoms with E-state index in [4.69, 9.17) is 11.6 Å². The summed E-state index contributed by atoms with van der Waals surface area (Å²) >= 11 is 6.10. The van der Waals surface area contributed by atoms with E-state index >= 15 is 0 Å². The van der Waals surface area contributed by atoms with Crippen molar-refractivity contribution in [3.05, 3.63) is 64.4 Å². The molecule has 5 heteroatoms. The van der Waals surface area contributed by atoms with Crippen LogP contribution in [0.2, 0.25) is 5.02 Å². The zero-order chi connectivity index (χ0) is 15.2. The van der Waals surface area contributed by atoms with Crippen molar-refractivity contribution in [3.8, 4) is 0 Å². The fourth-order valence-electron chi connectivity index (χ4n) is 2.18. The van der Waals surface area contributed by atoms with E-state index in [2.05, 4.69) is 10.3 Å². The molecule has 0 aliphatic rings. The van der Waals surface area contributed by atoms with Gasteiger partial charge in [-0.2, -0.15) is 0 Å². The van der Waals surface area contributed by atoms with Gasteiger partial charge in [-0.05, 0) is 49.2 Å². The lowest BCUT2D eigenvalue weighted by Crippen LogP contribution is -2.25. The summed E-state index contributed by atoms with van der Waals surface area (Å²) in [6.45, 7) is 2.73. The fourth-order valence-corrected chi connectivity index (χ4v) is 2.38. The molecule has 0 fully saturated rings. The van der Waals surface area contributed by atoms with Crippen molar-refractivity contribution in [2.24, 2.45) is 0 Å². The molecular formula is C16H17ClF2N2. The molecule has 1 aromatic heterocycles. The van der Waals surface area contributed by atoms with Gasteiger partial charge in [-0.1, -0.05) is 18.5 Å². The minimum atomic E-state index is -0.449. The topological polar surface area (TPSA) is 24.9 Å². The summed E-state index contributed by atoms with van der Waals surface area (Å²) in [4.78, 5) is 3.93. The van der Waals surface area contributed by atoms with Crippen molar-refractivity contribution in [2.75, 3.05) is 6.54 Å². The first-order valence-corrected chi connectivity index (χ1v) is 7.26. The second kappa shape index (κ2) is 7.48. The van der Waals surface area contributed by atoms with Crippen LogP contribution >= 0.6 is 11.6 Å². The molecule has 2 nitrogen and oxygen atoms in total. The second-order valence-corrected chi connectivity index (χ2v) is 5.25. The molecule has 2 rings (SSSR count). The molecule has 0 saturated carbocycles. The van der Waals surface area contributed by atoms with Crippen LogP contribution in [0.25, 0.3) is 0 Å². The number of nitrogens with zero attached hydrogens (tertiary/aromatic N) is 1. The molecule has 0 radical (unpaired) electrons. The number of benzene rings is 1. The average molecular weight is 311 g/mol. The molecule has 1 N–H and O–H groups in total. The zero-order valence-electron chi connectivity index (χ0n) is 11.7. The van der Waals surface area contributed by atoms with Crippen molar-refractivity contribution >= 4 is 11.6 Å². The Kier molecular flexibility index (Phi) is 5.65. The third-order valence-corrected chi connectivity index (χ3v) is 3.59. The van der Waals surface area contributed by atoms with Gasteiger partial charge in [0.05, 0.1) is 5.02 Å². The highest BCUT2D eigenvalue weighted by Gasteiger charge is 2.18. The molecule has 1 unspecified atom stereocenters. The molecule has 0 aliphatic carbocycles. The maximum absolute atomic E-state index is 14.0. The first-order valence-electron chi connectivity index (χ1n) is 6.88. The maximum atomic E-state index is 14.0. The molecule has 1 heterocycles. The first kappa shape index (κ1) is 15.9. The molecular weight excluding hydrogens is 294 g/mol. The monoisotopic (exact) mass is 310 g/mol. The van der Waals surface area contributed by atoms with E-state index in [1.165, 1.54) is 6.07 Å². The van der Waals surface area contributed by atoms with Gasteiger partial charge in [-0.15, -0.1) is 0 Å². The maximum Gasteiger partial charge on any atom is 0.128 e. The highest BCUT2D eigenvalue weighted by molar-refractivity contribution is 6.31. The summed E-state index contributed by atoms with van der Waals surface area (Å²) in [6, 6.07) is 4.97. The largest absolute Gasteiger partial charge is 0.310 e. The third kappa shape index (κ3) is 4.22. The van der Waals surface area contributed by atoms with Gasteiger partial charge in [0.25, 0.3) is 0 Å². The van der Waals surface area contributed by atoms with Crippen molar-refractivity contribution in [1.82, 2.24) is 10.3 Å². The van der Waals surface area contributed by atoms with Gasteiger partial charge >= 0.3 is 0 Å². The van der Waals surface area contributed by atoms with E-state index in [0.29, 0.717) is 23.6 Å². The predicted octanol–water partition coefficient (Wildman–Crippen LogP) is 4.30. The summed E-state index contributed by atoms with van der Waals surface area (Å²) in [5.41, 5.74) is 1.17. The van der Waals surface area contributed by atoms with Crippen LogP contribution in [0.1, 0.15) is 30.5 Å². The number of aromatic nitrogens is 1. The Balaban J connectivity index is 2.30. The van der Waals surface area contributed by atoms with Crippen LogP contribution in [0.15, 0.2) is 36.7 Å². The number of halogens is 3. The minimum Gasteiger partial charge on any atom is -0.310 e. The van der Waals surface area contributed by atoms with Gasteiger partial charge in [0.1, 0.15) is 11.6 Å². The van der Waals surface area contributed by atoms with Crippen molar-refractivity contribution in [2.45, 2.75) is 25.8 Å². The predicted molar refractivity (Wildman–Crippen MR) is 80.3 cm³/mol. The molecule has 1 aromatic carbocycles. The molecule has 1 atom stereocenters. The van der Waals surface area contributed by atoms with Crippen molar-refractivity contribution < 1.29 is 8.78 Å². The number of nitrogens with one attached hydrogen (secondary N) is 1. The Labute approximate surface area is 128 Å². The Hall–Kier alpha value is -1.52. The van der Waals surface area contributed by atoms with E-state index in [9.17, 15) is 8.78 Å². The standard InChI is InChI=1S/C16H17ClF2N2/c1-2-6-21-16(8-11-5-7-20-10-14(11)17)13-9-12(18)3-4-15(13)19/h3-5,7,9-10,16,21H,2,6,8H2,1H3. The summed E-state index contributed by atoms with van der Waals surface area (Å²) in [6.07, 6.45) is 4.56. The Bertz CT molecular complexity index is 605. The van der Waals surface area contributed by atoms with Gasteiger partial charge in [-0.25, -0.2) is 8.78 Å². The zero-order valence-corrected chi connectivity index (χ0v) is 12.5. The fraction of sp³-hybridized carbons (Fsp3) is 0.312. The molecule has 0 aliphatic heterocycles. The summed E-state index contributed by atoms with van der Waals surface area (Å²) < 4.78 is 27.4. The van der Waals surface area contributed by atoms with Gasteiger partial charge in [0.15, 0.2) is 0 Å². The Morgan fingerprint density at radius 2 is 2.10 bits per heavy atom. The van der Waals surface area contributed by atoms with E-state index in [-0.39, 0.29) is 6.04 Å². The summed E-state index contributed by atoms with van der Waals surface area (Å²) in [5, 5.41) is 3.77. The third-order valence-electron chi connectivity index (χ3n) is 3.25. The number of hydrogen-bond donors (Lipinski definition) is 1. The lowest BCUT2D eigenvalue weighted by molar-refractivity contribution is 0.490. The average Bonchev–Trinajstić information content (AvgIpc) is 2.48. The summed E-state index contributed by atoms with van der Waals surface area (Å²) in [7, 11) is 0. The second-order valence-electron chi connectivity index (χ2n) is 4.84. The van der Waals surface area contributed by atoms with E-state index in [1.807, 2.05) is 6.92 Å². The van der Waals surface area contributed by atoms with Crippen LogP contribution in [-0.2, 0) is 6.42 Å². The van der Waals surface area contributed by atoms with Crippen molar-refractivity contribution in [1.29, 1.82) is 0 Å². The lowest BCUT2D eigenvalue weighted by Gasteiger charge is -2.20. The van der Waals surface area contributed by atoms with E-state index < -0.39 is 11.6 Å². The van der Waals surface area contributed by atoms with Crippen LogP contribution in [0.4, 0.5) is 8.78 Å². The Morgan fingerprint density at radius 3 is 2.81 bits per heavy atom. The van der Waals surface area contributed by atoms with E-state index in [0.717, 1.165) is 24.1 Å². The lowest BCUT2D eigenvalue weighted by atomic mass is 9.98. The minimum absolute atomic E-state index is 0.316. The SMILES string of the molecule is CCCNC(Cc1ccncc1Cl)c1cc(F)ccc1F. The molecule has 21 heavy (non-hydrogen) atoms. The van der Waals surface area contributed by atoms with Crippen LogP contribution in [0.3, 0.4) is 0 Å². The van der Waals surface area contributed by atoms with Gasteiger partial charge in [0.2, 0.25) is 0 Å². The number of hydrogen-bond acceptors (Lipinski definition) is 2. The van der Waals surface area contributed by atoms with Crippen LogP contribution in [0.5, 0.6) is 0 Å². The number of pyridine rings is 1. The quantitative estimate of drug-likeness (QED) is 0.860. The van der Waals surface area contributed by atoms with Crippen molar-refractivity contribution in [3.63, 3.8) is 0 Å². The van der Waals surface area contributed by atoms with Crippen LogP contribution in [0, 0.1) is 11.6 Å². The molecule has 0 spiro atoms. The molecule has 0 amide bonds. The highest BCUT2D eigenvalue weighted by Crippen LogP contribution is 2.25. The van der Waals surface area contributed by atoms with E-state index in [1.54, 1.807) is 18.5 Å². The van der Waals surface area contributed by atoms with Gasteiger partial charge < -0.3 is 5.32 Å². The van der Waals surface area contributed by atoms with Crippen LogP contribution in [-0.4, -0.2) is 11.5 Å². The molecule has 0 bridgehead atoms. The summed E-state index contributed by atoms with van der Waals surface area (Å²) in [5.74, 6) is -0.870. The number of rotatable bonds is 6. The van der Waals surface area contributed by atoms with Gasteiger partial charge in [-0.3, -0.25) is 4.98 Å². The van der Waals surface area contributed by atoms with Crippen LogP contribution < -0.4 is 5.32 Å². The first-order chi connectivity index (χ1) is 10.1. The van der Waals surface area contributed by atoms with Gasteiger partial charge in [0, 0.05) is 24.0 Å². The molecule has 2 aromatic rings. The molecule has 112 valence electrons. The molecule has 0 saturated heterocycles.